The van der Waals surface area contributed by atoms with Crippen LogP contribution in [0.1, 0.15) is 51.3 Å². The lowest BCUT2D eigenvalue weighted by atomic mass is 9.63. The van der Waals surface area contributed by atoms with Crippen molar-refractivity contribution in [2.24, 2.45) is 16.7 Å². The lowest BCUT2D eigenvalue weighted by Crippen LogP contribution is -2.35. The molecule has 19 heavy (non-hydrogen) atoms. The highest BCUT2D eigenvalue weighted by Gasteiger charge is 2.38. The van der Waals surface area contributed by atoms with Crippen LogP contribution in [0.25, 0.3) is 0 Å². The van der Waals surface area contributed by atoms with E-state index in [1.807, 2.05) is 17.4 Å². The largest absolute Gasteiger partial charge is 0.147 e. The van der Waals surface area contributed by atoms with Gasteiger partial charge in [-0.2, -0.15) is 0 Å². The number of alkyl halides is 1. The Bertz CT molecular complexity index is 411. The predicted octanol–water partition coefficient (Wildman–Crippen LogP) is 6.56. The first-order chi connectivity index (χ1) is 8.86. The predicted molar refractivity (Wildman–Crippen MR) is 90.7 cm³/mol. The highest BCUT2D eigenvalue weighted by atomic mass is 79.9. The standard InChI is InChI=1S/C16H24BrClS/c1-15(2,3)12-4-7-16(11-17,8-5-12)10-14-13(18)6-9-19-14/h6,9,12H,4-5,7-8,10-11H2,1-3H3. The summed E-state index contributed by atoms with van der Waals surface area (Å²) in [5, 5.41) is 4.18. The molecule has 2 rings (SSSR count). The molecule has 0 N–H and O–H groups in total. The van der Waals surface area contributed by atoms with Crippen molar-refractivity contribution in [3.05, 3.63) is 21.3 Å². The summed E-state index contributed by atoms with van der Waals surface area (Å²) in [7, 11) is 0. The van der Waals surface area contributed by atoms with Gasteiger partial charge in [0.2, 0.25) is 0 Å². The zero-order valence-corrected chi connectivity index (χ0v) is 15.3. The Labute approximate surface area is 135 Å². The summed E-state index contributed by atoms with van der Waals surface area (Å²) in [6, 6.07) is 2.03. The fourth-order valence-corrected chi connectivity index (χ4v) is 5.28. The average molecular weight is 364 g/mol. The first kappa shape index (κ1) is 15.9. The molecule has 0 amide bonds. The third-order valence-corrected chi connectivity index (χ3v) is 7.36. The first-order valence-electron chi connectivity index (χ1n) is 7.14. The number of thiophene rings is 1. The second kappa shape index (κ2) is 6.07. The molecule has 0 aliphatic heterocycles. The van der Waals surface area contributed by atoms with Crippen LogP contribution in [0.2, 0.25) is 5.02 Å². The molecule has 0 spiro atoms. The number of rotatable bonds is 3. The van der Waals surface area contributed by atoms with Crippen LogP contribution in [0.15, 0.2) is 11.4 Å². The van der Waals surface area contributed by atoms with E-state index in [1.54, 1.807) is 0 Å². The fraction of sp³-hybridized carbons (Fsp3) is 0.750. The molecule has 1 aromatic rings. The lowest BCUT2D eigenvalue weighted by Gasteiger charge is -2.43. The molecule has 1 heterocycles. The van der Waals surface area contributed by atoms with E-state index in [2.05, 4.69) is 42.1 Å². The van der Waals surface area contributed by atoms with Gasteiger partial charge in [-0.1, -0.05) is 48.3 Å². The molecule has 0 saturated heterocycles. The number of halogens is 2. The highest BCUT2D eigenvalue weighted by molar-refractivity contribution is 9.09. The Balaban J connectivity index is 2.04. The summed E-state index contributed by atoms with van der Waals surface area (Å²) in [6.07, 6.45) is 6.52. The minimum Gasteiger partial charge on any atom is -0.147 e. The van der Waals surface area contributed by atoms with Crippen LogP contribution in [-0.4, -0.2) is 5.33 Å². The van der Waals surface area contributed by atoms with E-state index in [9.17, 15) is 0 Å². The smallest absolute Gasteiger partial charge is 0.0545 e. The third kappa shape index (κ3) is 3.77. The van der Waals surface area contributed by atoms with Crippen molar-refractivity contribution < 1.29 is 0 Å². The first-order valence-corrected chi connectivity index (χ1v) is 9.52. The zero-order valence-electron chi connectivity index (χ0n) is 12.1. The van der Waals surface area contributed by atoms with Crippen LogP contribution in [0, 0.1) is 16.7 Å². The van der Waals surface area contributed by atoms with Gasteiger partial charge < -0.3 is 0 Å². The maximum absolute atomic E-state index is 6.27. The number of hydrogen-bond donors (Lipinski definition) is 0. The van der Waals surface area contributed by atoms with E-state index in [1.165, 1.54) is 30.6 Å². The van der Waals surface area contributed by atoms with Gasteiger partial charge in [0.25, 0.3) is 0 Å². The Morgan fingerprint density at radius 2 is 2.00 bits per heavy atom. The Kier molecular flexibility index (Phi) is 5.07. The summed E-state index contributed by atoms with van der Waals surface area (Å²) in [5.41, 5.74) is 0.884. The maximum Gasteiger partial charge on any atom is 0.0545 e. The molecular formula is C16H24BrClS. The van der Waals surface area contributed by atoms with Gasteiger partial charge in [0, 0.05) is 10.2 Å². The lowest BCUT2D eigenvalue weighted by molar-refractivity contribution is 0.104. The Morgan fingerprint density at radius 1 is 1.37 bits per heavy atom. The van der Waals surface area contributed by atoms with E-state index in [0.29, 0.717) is 10.8 Å². The van der Waals surface area contributed by atoms with Crippen LogP contribution in [0.3, 0.4) is 0 Å². The van der Waals surface area contributed by atoms with E-state index in [-0.39, 0.29) is 0 Å². The van der Waals surface area contributed by atoms with Gasteiger partial charge in [0.15, 0.2) is 0 Å². The number of hydrogen-bond acceptors (Lipinski definition) is 1. The third-order valence-electron chi connectivity index (χ3n) is 4.78. The normalized spacial score (nSPS) is 28.6. The molecule has 0 aromatic carbocycles. The van der Waals surface area contributed by atoms with Gasteiger partial charge in [-0.05, 0) is 60.3 Å². The molecule has 1 fully saturated rings. The molecule has 0 radical (unpaired) electrons. The van der Waals surface area contributed by atoms with Gasteiger partial charge in [0.1, 0.15) is 0 Å². The molecule has 3 heteroatoms. The fourth-order valence-electron chi connectivity index (χ4n) is 3.25. The highest BCUT2D eigenvalue weighted by Crippen LogP contribution is 2.48. The van der Waals surface area contributed by atoms with Gasteiger partial charge in [0.05, 0.1) is 5.02 Å². The minimum absolute atomic E-state index is 0.427. The summed E-state index contributed by atoms with van der Waals surface area (Å²) < 4.78 is 0. The van der Waals surface area contributed by atoms with Gasteiger partial charge in [-0.15, -0.1) is 11.3 Å². The van der Waals surface area contributed by atoms with Gasteiger partial charge in [-0.3, -0.25) is 0 Å². The van der Waals surface area contributed by atoms with Crippen molar-refractivity contribution in [1.82, 2.24) is 0 Å². The quantitative estimate of drug-likeness (QED) is 0.533. The molecule has 0 atom stereocenters. The molecule has 108 valence electrons. The molecule has 1 aliphatic rings. The summed E-state index contributed by atoms with van der Waals surface area (Å²) in [5.74, 6) is 0.874. The minimum atomic E-state index is 0.427. The average Bonchev–Trinajstić information content (AvgIpc) is 2.74. The summed E-state index contributed by atoms with van der Waals surface area (Å²) in [6.45, 7) is 7.15. The molecule has 0 nitrogen and oxygen atoms in total. The van der Waals surface area contributed by atoms with E-state index >= 15 is 0 Å². The topological polar surface area (TPSA) is 0 Å². The second-order valence-electron chi connectivity index (χ2n) is 7.14. The van der Waals surface area contributed by atoms with Crippen LogP contribution in [0.5, 0.6) is 0 Å². The van der Waals surface area contributed by atoms with Gasteiger partial charge in [-0.25, -0.2) is 0 Å². The van der Waals surface area contributed by atoms with Crippen molar-refractivity contribution >= 4 is 38.9 Å². The second-order valence-corrected chi connectivity index (χ2v) is 9.11. The Morgan fingerprint density at radius 3 is 2.42 bits per heavy atom. The molecule has 0 bridgehead atoms. The van der Waals surface area contributed by atoms with Gasteiger partial charge >= 0.3 is 0 Å². The monoisotopic (exact) mass is 362 g/mol. The van der Waals surface area contributed by atoms with Crippen molar-refractivity contribution in [3.63, 3.8) is 0 Å². The SMILES string of the molecule is CC(C)(C)C1CCC(CBr)(Cc2sccc2Cl)CC1. The van der Waals surface area contributed by atoms with E-state index < -0.39 is 0 Å². The van der Waals surface area contributed by atoms with Crippen molar-refractivity contribution in [2.45, 2.75) is 52.9 Å². The van der Waals surface area contributed by atoms with Crippen LogP contribution in [-0.2, 0) is 6.42 Å². The van der Waals surface area contributed by atoms with Crippen LogP contribution >= 0.6 is 38.9 Å². The van der Waals surface area contributed by atoms with E-state index in [4.69, 9.17) is 11.6 Å². The summed E-state index contributed by atoms with van der Waals surface area (Å²) >= 11 is 11.9. The van der Waals surface area contributed by atoms with E-state index in [0.717, 1.165) is 22.7 Å². The molecular weight excluding hydrogens is 340 g/mol. The molecule has 1 saturated carbocycles. The molecule has 1 aliphatic carbocycles. The Hall–Kier alpha value is 0.470. The van der Waals surface area contributed by atoms with Crippen molar-refractivity contribution in [3.8, 4) is 0 Å². The van der Waals surface area contributed by atoms with Crippen molar-refractivity contribution in [1.29, 1.82) is 0 Å². The van der Waals surface area contributed by atoms with Crippen LogP contribution in [0.4, 0.5) is 0 Å². The molecule has 1 aromatic heterocycles. The maximum atomic E-state index is 6.27. The van der Waals surface area contributed by atoms with Crippen molar-refractivity contribution in [2.75, 3.05) is 5.33 Å². The summed E-state index contributed by atoms with van der Waals surface area (Å²) in [4.78, 5) is 1.37. The van der Waals surface area contributed by atoms with Crippen LogP contribution < -0.4 is 0 Å². The zero-order chi connectivity index (χ0) is 14.1. The molecule has 0 unspecified atom stereocenters.